The molecule has 0 amide bonds. The molecule has 23 heavy (non-hydrogen) atoms. The zero-order valence-corrected chi connectivity index (χ0v) is 13.9. The number of halogens is 2. The largest absolute Gasteiger partial charge is 0.495 e. The van der Waals surface area contributed by atoms with Gasteiger partial charge in [-0.1, -0.05) is 23.2 Å². The molecule has 0 heterocycles. The summed E-state index contributed by atoms with van der Waals surface area (Å²) in [6.45, 7) is 0. The quantitative estimate of drug-likeness (QED) is 0.447. The Balaban J connectivity index is 2.47. The molecule has 0 aliphatic carbocycles. The van der Waals surface area contributed by atoms with E-state index in [0.29, 0.717) is 0 Å². The highest BCUT2D eigenvalue weighted by molar-refractivity contribution is 7.87. The van der Waals surface area contributed by atoms with Gasteiger partial charge in [-0.3, -0.25) is 10.1 Å². The summed E-state index contributed by atoms with van der Waals surface area (Å²) < 4.78 is 34.5. The molecule has 0 aliphatic heterocycles. The van der Waals surface area contributed by atoms with E-state index < -0.39 is 25.6 Å². The molecule has 0 radical (unpaired) electrons. The lowest BCUT2D eigenvalue weighted by Gasteiger charge is -2.11. The number of nitro groups is 1. The summed E-state index contributed by atoms with van der Waals surface area (Å²) in [5, 5.41) is 11.1. The zero-order chi connectivity index (χ0) is 17.2. The molecule has 0 spiro atoms. The van der Waals surface area contributed by atoms with Crippen LogP contribution in [0.25, 0.3) is 0 Å². The minimum Gasteiger partial charge on any atom is -0.495 e. The standard InChI is InChI=1S/C13H9Cl2NO6S/c1-21-12-5-2-8(16(17)18)6-13(12)23(19,20)22-9-3-4-10(14)11(15)7-9/h2-7H,1H3. The number of hydrogen-bond donors (Lipinski definition) is 0. The molecule has 10 heteroatoms. The van der Waals surface area contributed by atoms with Gasteiger partial charge in [-0.15, -0.1) is 0 Å². The first-order valence-corrected chi connectivity index (χ1v) is 8.13. The summed E-state index contributed by atoms with van der Waals surface area (Å²) in [6, 6.07) is 7.02. The van der Waals surface area contributed by atoms with Gasteiger partial charge in [-0.2, -0.15) is 8.42 Å². The van der Waals surface area contributed by atoms with E-state index in [-0.39, 0.29) is 21.5 Å². The number of ether oxygens (including phenoxy) is 1. The Morgan fingerprint density at radius 1 is 1.09 bits per heavy atom. The molecule has 122 valence electrons. The molecule has 0 saturated carbocycles. The van der Waals surface area contributed by atoms with Crippen LogP contribution in [0, 0.1) is 10.1 Å². The first-order valence-electron chi connectivity index (χ1n) is 5.96. The molecule has 0 aromatic heterocycles. The van der Waals surface area contributed by atoms with Gasteiger partial charge >= 0.3 is 10.1 Å². The molecule has 0 N–H and O–H groups in total. The molecule has 2 aromatic carbocycles. The Bertz CT molecular complexity index is 869. The Kier molecular flexibility index (Phi) is 4.98. The highest BCUT2D eigenvalue weighted by Gasteiger charge is 2.25. The molecule has 0 fully saturated rings. The Morgan fingerprint density at radius 2 is 1.78 bits per heavy atom. The normalized spacial score (nSPS) is 11.1. The van der Waals surface area contributed by atoms with Gasteiger partial charge in [-0.05, 0) is 18.2 Å². The molecule has 7 nitrogen and oxygen atoms in total. The van der Waals surface area contributed by atoms with Crippen molar-refractivity contribution in [3.63, 3.8) is 0 Å². The summed E-state index contributed by atoms with van der Waals surface area (Å²) >= 11 is 11.5. The summed E-state index contributed by atoms with van der Waals surface area (Å²) in [4.78, 5) is 9.62. The van der Waals surface area contributed by atoms with Crippen LogP contribution in [0.3, 0.4) is 0 Å². The average molecular weight is 378 g/mol. The lowest BCUT2D eigenvalue weighted by Crippen LogP contribution is -2.11. The summed E-state index contributed by atoms with van der Waals surface area (Å²) in [7, 11) is -3.14. The number of nitro benzene ring substituents is 1. The topological polar surface area (TPSA) is 95.7 Å². The number of nitrogens with zero attached hydrogens (tertiary/aromatic N) is 1. The van der Waals surface area contributed by atoms with Crippen LogP contribution in [-0.2, 0) is 10.1 Å². The molecule has 0 saturated heterocycles. The summed E-state index contributed by atoms with van der Waals surface area (Å²) in [5.74, 6) is -0.177. The molecule has 0 aliphatic rings. The van der Waals surface area contributed by atoms with Crippen LogP contribution in [0.4, 0.5) is 5.69 Å². The van der Waals surface area contributed by atoms with Gasteiger partial charge in [-0.25, -0.2) is 0 Å². The molecule has 0 atom stereocenters. The van der Waals surface area contributed by atoms with Gasteiger partial charge < -0.3 is 8.92 Å². The van der Waals surface area contributed by atoms with Crippen LogP contribution in [0.1, 0.15) is 0 Å². The van der Waals surface area contributed by atoms with Crippen molar-refractivity contribution in [2.24, 2.45) is 0 Å². The van der Waals surface area contributed by atoms with Crippen LogP contribution >= 0.6 is 23.2 Å². The predicted molar refractivity (Wildman–Crippen MR) is 83.9 cm³/mol. The van der Waals surface area contributed by atoms with Crippen molar-refractivity contribution in [2.75, 3.05) is 7.11 Å². The van der Waals surface area contributed by atoms with E-state index in [1.807, 2.05) is 0 Å². The maximum Gasteiger partial charge on any atom is 0.343 e. The number of methoxy groups -OCH3 is 1. The third-order valence-corrected chi connectivity index (χ3v) is 4.73. The molecule has 0 unspecified atom stereocenters. The van der Waals surface area contributed by atoms with E-state index in [1.54, 1.807) is 0 Å². The van der Waals surface area contributed by atoms with E-state index >= 15 is 0 Å². The van der Waals surface area contributed by atoms with Crippen LogP contribution < -0.4 is 8.92 Å². The number of non-ortho nitro benzene ring substituents is 1. The fourth-order valence-electron chi connectivity index (χ4n) is 1.67. The summed E-state index contributed by atoms with van der Waals surface area (Å²) in [5.41, 5.74) is -0.415. The van der Waals surface area contributed by atoms with E-state index in [4.69, 9.17) is 32.1 Å². The van der Waals surface area contributed by atoms with Crippen LogP contribution in [-0.4, -0.2) is 20.5 Å². The highest BCUT2D eigenvalue weighted by Crippen LogP contribution is 2.32. The van der Waals surface area contributed by atoms with E-state index in [0.717, 1.165) is 12.1 Å². The first-order chi connectivity index (χ1) is 10.7. The van der Waals surface area contributed by atoms with Crippen LogP contribution in [0.5, 0.6) is 11.5 Å². The minimum atomic E-state index is -4.37. The predicted octanol–water partition coefficient (Wildman–Crippen LogP) is 3.68. The van der Waals surface area contributed by atoms with Crippen molar-refractivity contribution in [3.8, 4) is 11.5 Å². The van der Waals surface area contributed by atoms with Gasteiger partial charge in [0.15, 0.2) is 4.90 Å². The fourth-order valence-corrected chi connectivity index (χ4v) is 3.07. The number of benzene rings is 2. The Labute approximate surface area is 141 Å². The maximum atomic E-state index is 12.4. The summed E-state index contributed by atoms with van der Waals surface area (Å²) in [6.07, 6.45) is 0. The first kappa shape index (κ1) is 17.3. The molecule has 0 bridgehead atoms. The molecule has 2 aromatic rings. The highest BCUT2D eigenvalue weighted by atomic mass is 35.5. The average Bonchev–Trinajstić information content (AvgIpc) is 2.50. The Hall–Kier alpha value is -2.03. The minimum absolute atomic E-state index is 0.0874. The third kappa shape index (κ3) is 3.84. The van der Waals surface area contributed by atoms with Gasteiger partial charge in [0, 0.05) is 18.2 Å². The number of rotatable bonds is 5. The fraction of sp³-hybridized carbons (Fsp3) is 0.0769. The van der Waals surface area contributed by atoms with E-state index in [2.05, 4.69) is 0 Å². The SMILES string of the molecule is COc1ccc([N+](=O)[O-])cc1S(=O)(=O)Oc1ccc(Cl)c(Cl)c1. The van der Waals surface area contributed by atoms with Crippen molar-refractivity contribution in [3.05, 3.63) is 56.6 Å². The smallest absolute Gasteiger partial charge is 0.343 e. The monoisotopic (exact) mass is 377 g/mol. The third-order valence-electron chi connectivity index (χ3n) is 2.72. The number of hydrogen-bond acceptors (Lipinski definition) is 6. The Morgan fingerprint density at radius 3 is 2.35 bits per heavy atom. The molecule has 2 rings (SSSR count). The van der Waals surface area contributed by atoms with Crippen molar-refractivity contribution < 1.29 is 22.3 Å². The van der Waals surface area contributed by atoms with Crippen molar-refractivity contribution >= 4 is 39.0 Å². The second-order valence-electron chi connectivity index (χ2n) is 4.21. The van der Waals surface area contributed by atoms with Gasteiger partial charge in [0.25, 0.3) is 5.69 Å². The van der Waals surface area contributed by atoms with Crippen LogP contribution in [0.2, 0.25) is 10.0 Å². The lowest BCUT2D eigenvalue weighted by molar-refractivity contribution is -0.385. The van der Waals surface area contributed by atoms with E-state index in [9.17, 15) is 18.5 Å². The lowest BCUT2D eigenvalue weighted by atomic mass is 10.3. The maximum absolute atomic E-state index is 12.4. The van der Waals surface area contributed by atoms with Gasteiger partial charge in [0.05, 0.1) is 22.1 Å². The van der Waals surface area contributed by atoms with Crippen molar-refractivity contribution in [1.29, 1.82) is 0 Å². The van der Waals surface area contributed by atoms with E-state index in [1.165, 1.54) is 31.4 Å². The van der Waals surface area contributed by atoms with Crippen molar-refractivity contribution in [2.45, 2.75) is 4.90 Å². The second kappa shape index (κ2) is 6.61. The molecular weight excluding hydrogens is 369 g/mol. The van der Waals surface area contributed by atoms with Crippen molar-refractivity contribution in [1.82, 2.24) is 0 Å². The van der Waals surface area contributed by atoms with Gasteiger partial charge in [0.2, 0.25) is 0 Å². The zero-order valence-electron chi connectivity index (χ0n) is 11.5. The molecular formula is C13H9Cl2NO6S. The second-order valence-corrected chi connectivity index (χ2v) is 6.53. The van der Waals surface area contributed by atoms with Crippen LogP contribution in [0.15, 0.2) is 41.3 Å². The van der Waals surface area contributed by atoms with Gasteiger partial charge in [0.1, 0.15) is 11.5 Å².